The second kappa shape index (κ2) is 10.3. The SMILES string of the molecule is CCOc1ccccc1[C@H]1C(C(=O)OC)=C(C)NC2=C1C(=O)C[C@@H](c1ccc(OC)c(OC)c1)C2. The Morgan fingerprint density at radius 3 is 2.43 bits per heavy atom. The molecule has 0 aromatic heterocycles. The van der Waals surface area contributed by atoms with E-state index in [2.05, 4.69) is 5.32 Å². The maximum atomic E-state index is 13.7. The lowest BCUT2D eigenvalue weighted by Crippen LogP contribution is -2.36. The first-order valence-electron chi connectivity index (χ1n) is 11.7. The first-order valence-corrected chi connectivity index (χ1v) is 11.7. The van der Waals surface area contributed by atoms with Crippen LogP contribution in [0.15, 0.2) is 65.0 Å². The molecular weight excluding hydrogens is 446 g/mol. The molecule has 0 amide bonds. The number of methoxy groups -OCH3 is 3. The Bertz CT molecular complexity index is 1210. The Hall–Kier alpha value is -3.74. The zero-order valence-electron chi connectivity index (χ0n) is 20.8. The van der Waals surface area contributed by atoms with Crippen LogP contribution < -0.4 is 19.5 Å². The van der Waals surface area contributed by atoms with Crippen molar-refractivity contribution in [2.24, 2.45) is 0 Å². The van der Waals surface area contributed by atoms with E-state index in [9.17, 15) is 9.59 Å². The third-order valence-electron chi connectivity index (χ3n) is 6.64. The monoisotopic (exact) mass is 477 g/mol. The fourth-order valence-electron chi connectivity index (χ4n) is 5.08. The predicted molar refractivity (Wildman–Crippen MR) is 132 cm³/mol. The lowest BCUT2D eigenvalue weighted by molar-refractivity contribution is -0.136. The highest BCUT2D eigenvalue weighted by Gasteiger charge is 2.42. The van der Waals surface area contributed by atoms with Crippen molar-refractivity contribution in [3.8, 4) is 17.2 Å². The highest BCUT2D eigenvalue weighted by atomic mass is 16.5. The van der Waals surface area contributed by atoms with Gasteiger partial charge in [0, 0.05) is 29.0 Å². The molecule has 0 radical (unpaired) electrons. The van der Waals surface area contributed by atoms with E-state index in [0.717, 1.165) is 16.8 Å². The van der Waals surface area contributed by atoms with Crippen LogP contribution in [-0.2, 0) is 14.3 Å². The maximum absolute atomic E-state index is 13.7. The van der Waals surface area contributed by atoms with Crippen molar-refractivity contribution in [3.63, 3.8) is 0 Å². The molecule has 2 aliphatic rings. The minimum atomic E-state index is -0.569. The number of carbonyl (C=O) groups excluding carboxylic acids is 2. The summed E-state index contributed by atoms with van der Waals surface area (Å²) in [5, 5.41) is 3.36. The molecule has 0 unspecified atom stereocenters. The summed E-state index contributed by atoms with van der Waals surface area (Å²) in [6, 6.07) is 13.3. The second-order valence-corrected chi connectivity index (χ2v) is 8.59. The van der Waals surface area contributed by atoms with Crippen LogP contribution in [0.1, 0.15) is 49.7 Å². The van der Waals surface area contributed by atoms with E-state index in [1.165, 1.54) is 7.11 Å². The third-order valence-corrected chi connectivity index (χ3v) is 6.64. The molecule has 1 N–H and O–H groups in total. The molecular formula is C28H31NO6. The van der Waals surface area contributed by atoms with Gasteiger partial charge in [0.2, 0.25) is 0 Å². The predicted octanol–water partition coefficient (Wildman–Crippen LogP) is 4.64. The van der Waals surface area contributed by atoms with Gasteiger partial charge >= 0.3 is 5.97 Å². The summed E-state index contributed by atoms with van der Waals surface area (Å²) in [5.41, 5.74) is 4.29. The van der Waals surface area contributed by atoms with E-state index >= 15 is 0 Å². The summed E-state index contributed by atoms with van der Waals surface area (Å²) in [4.78, 5) is 26.6. The Kier molecular flexibility index (Phi) is 7.15. The summed E-state index contributed by atoms with van der Waals surface area (Å²) in [6.07, 6.45) is 0.937. The van der Waals surface area contributed by atoms with E-state index in [1.807, 2.05) is 56.3 Å². The highest BCUT2D eigenvalue weighted by Crippen LogP contribution is 2.48. The molecule has 0 saturated heterocycles. The van der Waals surface area contributed by atoms with Crippen molar-refractivity contribution in [3.05, 3.63) is 76.1 Å². The number of Topliss-reactive ketones (excluding diaryl/α,β-unsaturated/α-hetero) is 1. The smallest absolute Gasteiger partial charge is 0.336 e. The van der Waals surface area contributed by atoms with Gasteiger partial charge in [0.05, 0.1) is 39.4 Å². The summed E-state index contributed by atoms with van der Waals surface area (Å²) < 4.78 is 21.8. The number of allylic oxidation sites excluding steroid dienone is 3. The molecule has 7 nitrogen and oxygen atoms in total. The number of esters is 1. The number of ketones is 1. The minimum Gasteiger partial charge on any atom is -0.494 e. The van der Waals surface area contributed by atoms with Crippen LogP contribution in [0.3, 0.4) is 0 Å². The van der Waals surface area contributed by atoms with E-state index in [0.29, 0.717) is 53.5 Å². The minimum absolute atomic E-state index is 0.0104. The molecule has 0 spiro atoms. The number of nitrogens with one attached hydrogen (secondary N) is 1. The first-order chi connectivity index (χ1) is 16.9. The molecule has 0 saturated carbocycles. The van der Waals surface area contributed by atoms with Crippen molar-refractivity contribution in [2.45, 2.75) is 38.5 Å². The number of hydrogen-bond acceptors (Lipinski definition) is 7. The molecule has 4 rings (SSSR count). The molecule has 7 heteroatoms. The summed E-state index contributed by atoms with van der Waals surface area (Å²) >= 11 is 0. The van der Waals surface area contributed by atoms with Gasteiger partial charge in [-0.15, -0.1) is 0 Å². The Labute approximate surface area is 205 Å². The van der Waals surface area contributed by atoms with Crippen LogP contribution in [-0.4, -0.2) is 39.7 Å². The third kappa shape index (κ3) is 4.50. The molecule has 0 fully saturated rings. The zero-order valence-corrected chi connectivity index (χ0v) is 20.8. The zero-order chi connectivity index (χ0) is 25.1. The van der Waals surface area contributed by atoms with Gasteiger partial charge in [-0.2, -0.15) is 0 Å². The van der Waals surface area contributed by atoms with Gasteiger partial charge in [-0.1, -0.05) is 24.3 Å². The number of rotatable bonds is 7. The molecule has 1 heterocycles. The van der Waals surface area contributed by atoms with Crippen molar-refractivity contribution >= 4 is 11.8 Å². The fourth-order valence-corrected chi connectivity index (χ4v) is 5.08. The van der Waals surface area contributed by atoms with Crippen molar-refractivity contribution in [1.82, 2.24) is 5.32 Å². The number of para-hydroxylation sites is 1. The molecule has 1 aliphatic carbocycles. The number of carbonyl (C=O) groups is 2. The average Bonchev–Trinajstić information content (AvgIpc) is 2.87. The quantitative estimate of drug-likeness (QED) is 0.582. The van der Waals surface area contributed by atoms with Crippen LogP contribution in [0.4, 0.5) is 0 Å². The Morgan fingerprint density at radius 1 is 1.00 bits per heavy atom. The first kappa shape index (κ1) is 24.4. The van der Waals surface area contributed by atoms with Crippen LogP contribution in [0, 0.1) is 0 Å². The molecule has 184 valence electrons. The van der Waals surface area contributed by atoms with Gasteiger partial charge < -0.3 is 24.3 Å². The Balaban J connectivity index is 1.81. The number of hydrogen-bond donors (Lipinski definition) is 1. The molecule has 1 aliphatic heterocycles. The molecule has 0 bridgehead atoms. The van der Waals surface area contributed by atoms with Crippen LogP contribution in [0.5, 0.6) is 17.2 Å². The topological polar surface area (TPSA) is 83.1 Å². The normalized spacial score (nSPS) is 19.6. The van der Waals surface area contributed by atoms with Crippen molar-refractivity contribution in [1.29, 1.82) is 0 Å². The number of benzene rings is 2. The maximum Gasteiger partial charge on any atom is 0.336 e. The Morgan fingerprint density at radius 2 is 1.74 bits per heavy atom. The van der Waals surface area contributed by atoms with Crippen molar-refractivity contribution < 1.29 is 28.5 Å². The molecule has 2 atom stereocenters. The van der Waals surface area contributed by atoms with Crippen LogP contribution >= 0.6 is 0 Å². The van der Waals surface area contributed by atoms with Gasteiger partial charge in [-0.3, -0.25) is 4.79 Å². The summed E-state index contributed by atoms with van der Waals surface area (Å²) in [5.74, 6) is 0.836. The van der Waals surface area contributed by atoms with Gasteiger partial charge in [0.1, 0.15) is 5.75 Å². The second-order valence-electron chi connectivity index (χ2n) is 8.59. The molecule has 2 aromatic carbocycles. The lowest BCUT2D eigenvalue weighted by atomic mass is 9.71. The van der Waals surface area contributed by atoms with E-state index in [1.54, 1.807) is 14.2 Å². The van der Waals surface area contributed by atoms with Gasteiger partial charge in [-0.25, -0.2) is 4.79 Å². The van der Waals surface area contributed by atoms with Crippen LogP contribution in [0.25, 0.3) is 0 Å². The van der Waals surface area contributed by atoms with Crippen molar-refractivity contribution in [2.75, 3.05) is 27.9 Å². The largest absolute Gasteiger partial charge is 0.494 e. The highest BCUT2D eigenvalue weighted by molar-refractivity contribution is 6.04. The standard InChI is InChI=1S/C28H31NO6/c1-6-35-22-10-8-7-9-19(22)26-25(28(31)34-5)16(2)29-20-13-18(14-21(30)27(20)26)17-11-12-23(32-3)24(15-17)33-4/h7-12,15,18,26,29H,6,13-14H2,1-5H3/t18-,26-/m0/s1. The lowest BCUT2D eigenvalue weighted by Gasteiger charge is -2.37. The summed E-state index contributed by atoms with van der Waals surface area (Å²) in [6.45, 7) is 4.22. The van der Waals surface area contributed by atoms with E-state index < -0.39 is 11.9 Å². The fraction of sp³-hybridized carbons (Fsp3) is 0.357. The molecule has 35 heavy (non-hydrogen) atoms. The van der Waals surface area contributed by atoms with E-state index in [4.69, 9.17) is 18.9 Å². The number of ether oxygens (including phenoxy) is 4. The van der Waals surface area contributed by atoms with Gasteiger partial charge in [-0.05, 0) is 49.9 Å². The van der Waals surface area contributed by atoms with Gasteiger partial charge in [0.15, 0.2) is 17.3 Å². The van der Waals surface area contributed by atoms with E-state index in [-0.39, 0.29) is 11.7 Å². The van der Waals surface area contributed by atoms with Crippen LogP contribution in [0.2, 0.25) is 0 Å². The average molecular weight is 478 g/mol. The van der Waals surface area contributed by atoms with Gasteiger partial charge in [0.25, 0.3) is 0 Å². The molecule has 2 aromatic rings. The number of dihydropyridines is 1. The summed E-state index contributed by atoms with van der Waals surface area (Å²) in [7, 11) is 4.55.